The van der Waals surface area contributed by atoms with E-state index in [1.807, 2.05) is 18.2 Å². The number of nitrogens with one attached hydrogen (secondary N) is 3. The van der Waals surface area contributed by atoms with Gasteiger partial charge in [0.1, 0.15) is 0 Å². The monoisotopic (exact) mass is 450 g/mol. The van der Waals surface area contributed by atoms with Gasteiger partial charge in [0, 0.05) is 35.9 Å². The molecule has 1 aromatic carbocycles. The minimum absolute atomic E-state index is 0.396. The van der Waals surface area contributed by atoms with Gasteiger partial charge in [-0.2, -0.15) is 0 Å². The van der Waals surface area contributed by atoms with Gasteiger partial charge in [-0.25, -0.2) is 4.99 Å². The highest BCUT2D eigenvalue weighted by atomic mass is 15.1. The Kier molecular flexibility index (Phi) is 11.9. The first-order valence-corrected chi connectivity index (χ1v) is 12.1. The van der Waals surface area contributed by atoms with Crippen molar-refractivity contribution in [3.63, 3.8) is 0 Å². The summed E-state index contributed by atoms with van der Waals surface area (Å²) < 4.78 is 0. The third-order valence-electron chi connectivity index (χ3n) is 5.57. The van der Waals surface area contributed by atoms with Crippen LogP contribution in [0.2, 0.25) is 0 Å². The van der Waals surface area contributed by atoms with E-state index < -0.39 is 0 Å². The number of fused-ring (bicyclic) bond motifs is 2. The van der Waals surface area contributed by atoms with Crippen molar-refractivity contribution in [2.45, 2.75) is 46.0 Å². The smallest absolute Gasteiger partial charge is 0.193 e. The van der Waals surface area contributed by atoms with Gasteiger partial charge in [-0.3, -0.25) is 0 Å². The van der Waals surface area contributed by atoms with Gasteiger partial charge < -0.3 is 26.6 Å². The Morgan fingerprint density at radius 3 is 2.85 bits per heavy atom. The predicted molar refractivity (Wildman–Crippen MR) is 145 cm³/mol. The minimum Gasteiger partial charge on any atom is -0.382 e. The van der Waals surface area contributed by atoms with Crippen molar-refractivity contribution in [3.05, 3.63) is 72.6 Å². The molecule has 6 heteroatoms. The molecule has 1 aliphatic heterocycles. The lowest BCUT2D eigenvalue weighted by Crippen LogP contribution is -2.26. The lowest BCUT2D eigenvalue weighted by molar-refractivity contribution is 0.287. The highest BCUT2D eigenvalue weighted by Crippen LogP contribution is 2.24. The van der Waals surface area contributed by atoms with Crippen LogP contribution in [0.3, 0.4) is 0 Å². The van der Waals surface area contributed by atoms with E-state index >= 15 is 0 Å². The molecule has 0 aliphatic carbocycles. The van der Waals surface area contributed by atoms with Crippen LogP contribution < -0.4 is 21.7 Å². The second kappa shape index (κ2) is 15.0. The zero-order valence-corrected chi connectivity index (χ0v) is 20.5. The molecule has 6 nitrogen and oxygen atoms in total. The number of hydrogen-bond acceptors (Lipinski definition) is 6. The highest BCUT2D eigenvalue weighted by Gasteiger charge is 2.08. The third kappa shape index (κ3) is 10.4. The number of nitrogens with zero attached hydrogens (tertiary/aromatic N) is 2. The fraction of sp³-hybridized carbons (Fsp3) is 0.444. The van der Waals surface area contributed by atoms with Crippen LogP contribution in [0.25, 0.3) is 0 Å². The molecule has 0 unspecified atom stereocenters. The zero-order chi connectivity index (χ0) is 23.9. The number of aliphatic imine (C=N–C) groups is 1. The molecule has 0 saturated carbocycles. The molecule has 1 aliphatic rings. The summed E-state index contributed by atoms with van der Waals surface area (Å²) in [6.45, 7) is 17.2. The average Bonchev–Trinajstić information content (AvgIpc) is 2.80. The van der Waals surface area contributed by atoms with Crippen molar-refractivity contribution in [2.75, 3.05) is 43.4 Å². The second-order valence-corrected chi connectivity index (χ2v) is 8.31. The standard InChI is InChI=1S/C27H42N6/c1-5-7-19-33(6-2)20-16-23(4)31-26-15-14-25-21-24(26)13-9-8-10-17-29-22(3)12-11-18-30-27(28)32-25/h8,10-12,14-15,21,29,31H,3-7,9,13,16-20H2,1-2H3,(H3,28,30,32)/b10-8-,12-11+. The topological polar surface area (TPSA) is 77.7 Å². The number of aryl methyl sites for hydroxylation is 1. The number of benzene rings is 1. The molecule has 0 radical (unpaired) electrons. The number of nitrogens with two attached hydrogens (primary N) is 1. The number of anilines is 2. The summed E-state index contributed by atoms with van der Waals surface area (Å²) >= 11 is 0. The number of unbranched alkanes of at least 4 members (excludes halogenated alkanes) is 1. The molecule has 33 heavy (non-hydrogen) atoms. The maximum absolute atomic E-state index is 6.07. The number of rotatable bonds is 9. The quantitative estimate of drug-likeness (QED) is 0.398. The molecular weight excluding hydrogens is 408 g/mol. The Morgan fingerprint density at radius 2 is 2.06 bits per heavy atom. The predicted octanol–water partition coefficient (Wildman–Crippen LogP) is 5.01. The third-order valence-corrected chi connectivity index (χ3v) is 5.57. The summed E-state index contributed by atoms with van der Waals surface area (Å²) in [5.41, 5.74) is 11.2. The maximum atomic E-state index is 6.07. The van der Waals surface area contributed by atoms with Crippen molar-refractivity contribution >= 4 is 17.3 Å². The lowest BCUT2D eigenvalue weighted by Gasteiger charge is -2.21. The van der Waals surface area contributed by atoms with Crippen LogP contribution in [0.4, 0.5) is 11.4 Å². The number of allylic oxidation sites excluding steroid dienone is 2. The Balaban J connectivity index is 2.09. The van der Waals surface area contributed by atoms with Crippen LogP contribution in [-0.2, 0) is 6.42 Å². The fourth-order valence-corrected chi connectivity index (χ4v) is 3.58. The first-order chi connectivity index (χ1) is 16.0. The Morgan fingerprint density at radius 1 is 1.21 bits per heavy atom. The lowest BCUT2D eigenvalue weighted by atomic mass is 10.1. The van der Waals surface area contributed by atoms with Gasteiger partial charge >= 0.3 is 0 Å². The Bertz CT molecular complexity index is 852. The van der Waals surface area contributed by atoms with E-state index in [1.165, 1.54) is 18.4 Å². The summed E-state index contributed by atoms with van der Waals surface area (Å²) in [6.07, 6.45) is 13.5. The van der Waals surface area contributed by atoms with Crippen LogP contribution >= 0.6 is 0 Å². The van der Waals surface area contributed by atoms with Gasteiger partial charge in [-0.15, -0.1) is 0 Å². The van der Waals surface area contributed by atoms with Gasteiger partial charge in [-0.1, -0.05) is 51.7 Å². The summed E-state index contributed by atoms with van der Waals surface area (Å²) in [6, 6.07) is 6.28. The SMILES string of the molecule is C=C1/C=C/CN=C(N)Nc2ccc(NC(=C)CCN(CC)CCCC)c(c2)CC/C=C\CN1. The zero-order valence-electron chi connectivity index (χ0n) is 20.5. The Labute approximate surface area is 200 Å². The highest BCUT2D eigenvalue weighted by molar-refractivity contribution is 5.92. The van der Waals surface area contributed by atoms with E-state index in [2.05, 4.69) is 77.1 Å². The van der Waals surface area contributed by atoms with E-state index in [4.69, 9.17) is 5.73 Å². The van der Waals surface area contributed by atoms with E-state index in [0.717, 1.165) is 68.2 Å². The molecule has 1 aromatic rings. The molecule has 1 heterocycles. The van der Waals surface area contributed by atoms with Gasteiger partial charge in [0.25, 0.3) is 0 Å². The molecule has 2 bridgehead atoms. The van der Waals surface area contributed by atoms with E-state index in [9.17, 15) is 0 Å². The molecule has 0 atom stereocenters. The molecule has 0 amide bonds. The van der Waals surface area contributed by atoms with Crippen LogP contribution in [0, 0.1) is 0 Å². The first kappa shape index (κ1) is 26.3. The van der Waals surface area contributed by atoms with E-state index in [1.54, 1.807) is 0 Å². The van der Waals surface area contributed by atoms with E-state index in [0.29, 0.717) is 12.5 Å². The van der Waals surface area contributed by atoms with E-state index in [-0.39, 0.29) is 0 Å². The second-order valence-electron chi connectivity index (χ2n) is 8.31. The summed E-state index contributed by atoms with van der Waals surface area (Å²) in [5, 5.41) is 10.0. The molecule has 0 spiro atoms. The number of hydrogen-bond donors (Lipinski definition) is 4. The van der Waals surface area contributed by atoms with Crippen LogP contribution in [-0.4, -0.2) is 43.6 Å². The van der Waals surface area contributed by atoms with Crippen molar-refractivity contribution in [1.29, 1.82) is 0 Å². The Hall–Kier alpha value is -2.99. The first-order valence-electron chi connectivity index (χ1n) is 12.1. The van der Waals surface area contributed by atoms with Crippen molar-refractivity contribution in [3.8, 4) is 0 Å². The van der Waals surface area contributed by atoms with Crippen LogP contribution in [0.1, 0.15) is 45.1 Å². The van der Waals surface area contributed by atoms with Crippen molar-refractivity contribution in [1.82, 2.24) is 10.2 Å². The molecule has 0 saturated heterocycles. The van der Waals surface area contributed by atoms with Gasteiger partial charge in [0.05, 0.1) is 6.54 Å². The largest absolute Gasteiger partial charge is 0.382 e. The normalized spacial score (nSPS) is 16.9. The molecule has 0 fully saturated rings. The molecular formula is C27H42N6. The number of guanidine groups is 1. The molecule has 5 N–H and O–H groups in total. The average molecular weight is 451 g/mol. The van der Waals surface area contributed by atoms with Gasteiger partial charge in [0.2, 0.25) is 0 Å². The summed E-state index contributed by atoms with van der Waals surface area (Å²) in [4.78, 5) is 6.85. The molecule has 2 rings (SSSR count). The van der Waals surface area contributed by atoms with Gasteiger partial charge in [0.15, 0.2) is 5.96 Å². The van der Waals surface area contributed by atoms with Crippen molar-refractivity contribution < 1.29 is 0 Å². The van der Waals surface area contributed by atoms with Gasteiger partial charge in [-0.05, 0) is 68.6 Å². The maximum Gasteiger partial charge on any atom is 0.193 e. The summed E-state index contributed by atoms with van der Waals surface area (Å²) in [5.74, 6) is 0.396. The van der Waals surface area contributed by atoms with Crippen LogP contribution in [0.15, 0.2) is 72.0 Å². The molecule has 0 aromatic heterocycles. The van der Waals surface area contributed by atoms with Crippen molar-refractivity contribution in [2.24, 2.45) is 10.7 Å². The minimum atomic E-state index is 0.396. The van der Waals surface area contributed by atoms with Crippen LogP contribution in [0.5, 0.6) is 0 Å². The fourth-order valence-electron chi connectivity index (χ4n) is 3.58. The summed E-state index contributed by atoms with van der Waals surface area (Å²) in [7, 11) is 0. The molecule has 180 valence electrons.